The Bertz CT molecular complexity index is 468. The molecule has 0 bridgehead atoms. The second-order valence-electron chi connectivity index (χ2n) is 5.28. The number of hydrogen-bond donors (Lipinski definition) is 1. The highest BCUT2D eigenvalue weighted by Crippen LogP contribution is 2.59. The van der Waals surface area contributed by atoms with Crippen LogP contribution in [-0.4, -0.2) is 13.2 Å². The van der Waals surface area contributed by atoms with E-state index >= 15 is 0 Å². The summed E-state index contributed by atoms with van der Waals surface area (Å²) in [4.78, 5) is 0. The van der Waals surface area contributed by atoms with Gasteiger partial charge in [0, 0.05) is 12.0 Å². The summed E-state index contributed by atoms with van der Waals surface area (Å²) in [7, 11) is 1.45. The molecule has 5 heteroatoms. The van der Waals surface area contributed by atoms with Gasteiger partial charge in [-0.3, -0.25) is 0 Å². The van der Waals surface area contributed by atoms with E-state index in [1.54, 1.807) is 0 Å². The fourth-order valence-electron chi connectivity index (χ4n) is 2.43. The second kappa shape index (κ2) is 3.88. The van der Waals surface area contributed by atoms with Crippen LogP contribution >= 0.6 is 0 Å². The molecule has 0 spiro atoms. The number of halogens is 3. The van der Waals surface area contributed by atoms with Crippen molar-refractivity contribution >= 4 is 0 Å². The van der Waals surface area contributed by atoms with E-state index in [0.29, 0.717) is 11.3 Å². The molecule has 0 heterocycles. The van der Waals surface area contributed by atoms with Gasteiger partial charge in [0.15, 0.2) is 0 Å². The first-order chi connectivity index (χ1) is 8.19. The number of rotatable bonds is 2. The van der Waals surface area contributed by atoms with Gasteiger partial charge in [0.2, 0.25) is 0 Å². The Kier molecular flexibility index (Phi) is 2.85. The van der Waals surface area contributed by atoms with E-state index in [0.717, 1.165) is 12.1 Å². The Morgan fingerprint density at radius 1 is 1.28 bits per heavy atom. The first kappa shape index (κ1) is 13.2. The lowest BCUT2D eigenvalue weighted by Crippen LogP contribution is -2.08. The quantitative estimate of drug-likeness (QED) is 0.885. The SMILES string of the molecule is COc1ccc(C(F)(F)F)cc1[C@@H]1[C@@H](N)C1(C)C. The van der Waals surface area contributed by atoms with Crippen LogP contribution in [0.5, 0.6) is 5.75 Å². The third-order valence-electron chi connectivity index (χ3n) is 3.80. The van der Waals surface area contributed by atoms with E-state index in [1.807, 2.05) is 13.8 Å². The molecule has 1 aromatic rings. The van der Waals surface area contributed by atoms with E-state index in [4.69, 9.17) is 10.5 Å². The second-order valence-corrected chi connectivity index (χ2v) is 5.28. The largest absolute Gasteiger partial charge is 0.496 e. The van der Waals surface area contributed by atoms with Gasteiger partial charge in [0.05, 0.1) is 12.7 Å². The molecule has 2 N–H and O–H groups in total. The molecule has 2 rings (SSSR count). The van der Waals surface area contributed by atoms with Gasteiger partial charge < -0.3 is 10.5 Å². The number of alkyl halides is 3. The Hall–Kier alpha value is -1.23. The maximum absolute atomic E-state index is 12.7. The summed E-state index contributed by atoms with van der Waals surface area (Å²) in [5, 5.41) is 0. The maximum atomic E-state index is 12.7. The van der Waals surface area contributed by atoms with Crippen LogP contribution in [0.4, 0.5) is 13.2 Å². The van der Waals surface area contributed by atoms with Crippen molar-refractivity contribution in [3.05, 3.63) is 29.3 Å². The van der Waals surface area contributed by atoms with Gasteiger partial charge in [-0.2, -0.15) is 13.2 Å². The smallest absolute Gasteiger partial charge is 0.416 e. The van der Waals surface area contributed by atoms with Gasteiger partial charge in [-0.05, 0) is 29.2 Å². The topological polar surface area (TPSA) is 35.2 Å². The highest BCUT2D eigenvalue weighted by molar-refractivity contribution is 5.46. The fourth-order valence-corrected chi connectivity index (χ4v) is 2.43. The van der Waals surface area contributed by atoms with Crippen molar-refractivity contribution in [1.29, 1.82) is 0 Å². The molecule has 1 fully saturated rings. The van der Waals surface area contributed by atoms with Crippen LogP contribution in [0.25, 0.3) is 0 Å². The zero-order chi connectivity index (χ0) is 13.7. The monoisotopic (exact) mass is 259 g/mol. The van der Waals surface area contributed by atoms with Gasteiger partial charge in [0.1, 0.15) is 5.75 Å². The van der Waals surface area contributed by atoms with Crippen LogP contribution in [0.15, 0.2) is 18.2 Å². The Balaban J connectivity index is 2.45. The summed E-state index contributed by atoms with van der Waals surface area (Å²) in [5.74, 6) is 0.378. The van der Waals surface area contributed by atoms with Gasteiger partial charge in [-0.1, -0.05) is 13.8 Å². The van der Waals surface area contributed by atoms with Crippen molar-refractivity contribution in [2.24, 2.45) is 11.1 Å². The molecular weight excluding hydrogens is 243 g/mol. The number of methoxy groups -OCH3 is 1. The predicted molar refractivity (Wildman–Crippen MR) is 62.5 cm³/mol. The summed E-state index contributed by atoms with van der Waals surface area (Å²) in [6.07, 6.45) is -4.34. The lowest BCUT2D eigenvalue weighted by Gasteiger charge is -2.13. The molecule has 2 nitrogen and oxygen atoms in total. The molecule has 0 aliphatic heterocycles. The van der Waals surface area contributed by atoms with Crippen molar-refractivity contribution in [3.8, 4) is 5.75 Å². The number of hydrogen-bond acceptors (Lipinski definition) is 2. The van der Waals surface area contributed by atoms with Crippen LogP contribution in [0.2, 0.25) is 0 Å². The van der Waals surface area contributed by atoms with Crippen LogP contribution in [0.3, 0.4) is 0 Å². The minimum atomic E-state index is -4.34. The summed E-state index contributed by atoms with van der Waals surface area (Å²) in [6, 6.07) is 3.41. The normalized spacial score (nSPS) is 25.9. The Morgan fingerprint density at radius 2 is 1.83 bits per heavy atom. The van der Waals surface area contributed by atoms with Crippen molar-refractivity contribution in [3.63, 3.8) is 0 Å². The lowest BCUT2D eigenvalue weighted by atomic mass is 10.00. The molecular formula is C13H16F3NO. The first-order valence-electron chi connectivity index (χ1n) is 5.70. The summed E-state index contributed by atoms with van der Waals surface area (Å²) in [6.45, 7) is 3.89. The molecule has 0 aromatic heterocycles. The molecule has 0 unspecified atom stereocenters. The third-order valence-corrected chi connectivity index (χ3v) is 3.80. The van der Waals surface area contributed by atoms with Crippen LogP contribution in [0, 0.1) is 5.41 Å². The first-order valence-corrected chi connectivity index (χ1v) is 5.70. The van der Waals surface area contributed by atoms with Crippen molar-refractivity contribution in [1.82, 2.24) is 0 Å². The van der Waals surface area contributed by atoms with Gasteiger partial charge in [0.25, 0.3) is 0 Å². The number of ether oxygens (including phenoxy) is 1. The van der Waals surface area contributed by atoms with Crippen molar-refractivity contribution in [2.45, 2.75) is 32.0 Å². The Labute approximate surface area is 104 Å². The van der Waals surface area contributed by atoms with Crippen LogP contribution in [0.1, 0.15) is 30.9 Å². The van der Waals surface area contributed by atoms with Gasteiger partial charge >= 0.3 is 6.18 Å². The fraction of sp³-hybridized carbons (Fsp3) is 0.538. The number of nitrogens with two attached hydrogens (primary N) is 1. The van der Waals surface area contributed by atoms with E-state index in [-0.39, 0.29) is 17.4 Å². The number of benzene rings is 1. The minimum Gasteiger partial charge on any atom is -0.496 e. The van der Waals surface area contributed by atoms with E-state index in [2.05, 4.69) is 0 Å². The zero-order valence-corrected chi connectivity index (χ0v) is 10.5. The highest BCUT2D eigenvalue weighted by atomic mass is 19.4. The summed E-state index contributed by atoms with van der Waals surface area (Å²) in [5.41, 5.74) is 5.63. The molecule has 100 valence electrons. The van der Waals surface area contributed by atoms with Crippen LogP contribution < -0.4 is 10.5 Å². The molecule has 0 saturated heterocycles. The molecule has 1 saturated carbocycles. The minimum absolute atomic E-state index is 0.0882. The summed E-state index contributed by atoms with van der Waals surface area (Å²) >= 11 is 0. The third kappa shape index (κ3) is 1.96. The molecule has 0 amide bonds. The molecule has 1 aliphatic rings. The molecule has 2 atom stereocenters. The molecule has 0 radical (unpaired) electrons. The molecule has 1 aromatic carbocycles. The zero-order valence-electron chi connectivity index (χ0n) is 10.5. The van der Waals surface area contributed by atoms with Crippen molar-refractivity contribution < 1.29 is 17.9 Å². The van der Waals surface area contributed by atoms with Crippen LogP contribution in [-0.2, 0) is 6.18 Å². The lowest BCUT2D eigenvalue weighted by molar-refractivity contribution is -0.137. The average molecular weight is 259 g/mol. The van der Waals surface area contributed by atoms with E-state index in [9.17, 15) is 13.2 Å². The van der Waals surface area contributed by atoms with Gasteiger partial charge in [-0.15, -0.1) is 0 Å². The summed E-state index contributed by atoms with van der Waals surface area (Å²) < 4.78 is 43.2. The van der Waals surface area contributed by atoms with Crippen molar-refractivity contribution in [2.75, 3.05) is 7.11 Å². The van der Waals surface area contributed by atoms with E-state index < -0.39 is 11.7 Å². The average Bonchev–Trinajstić information content (AvgIpc) is 2.76. The molecule has 18 heavy (non-hydrogen) atoms. The Morgan fingerprint density at radius 3 is 2.22 bits per heavy atom. The standard InChI is InChI=1S/C13H16F3NO/c1-12(2)10(11(12)17)8-6-7(13(14,15)16)4-5-9(8)18-3/h4-6,10-11H,17H2,1-3H3/t10-,11-/m1/s1. The maximum Gasteiger partial charge on any atom is 0.416 e. The molecule has 1 aliphatic carbocycles. The van der Waals surface area contributed by atoms with Gasteiger partial charge in [-0.25, -0.2) is 0 Å². The highest BCUT2D eigenvalue weighted by Gasteiger charge is 2.57. The predicted octanol–water partition coefficient (Wildman–Crippen LogP) is 3.16. The van der Waals surface area contributed by atoms with E-state index in [1.165, 1.54) is 13.2 Å².